The smallest absolute Gasteiger partial charge is 0.406 e. The van der Waals surface area contributed by atoms with E-state index in [-0.39, 0.29) is 11.2 Å². The van der Waals surface area contributed by atoms with Crippen molar-refractivity contribution in [2.24, 2.45) is 5.41 Å². The van der Waals surface area contributed by atoms with Crippen LogP contribution in [0.2, 0.25) is 0 Å². The second-order valence-electron chi connectivity index (χ2n) is 5.91. The molecular weight excluding hydrogens is 279 g/mol. The van der Waals surface area contributed by atoms with E-state index in [0.717, 1.165) is 24.9 Å². The molecule has 0 amide bonds. The summed E-state index contributed by atoms with van der Waals surface area (Å²) in [6.45, 7) is 5.34. The number of rotatable bonds is 7. The van der Waals surface area contributed by atoms with Gasteiger partial charge >= 0.3 is 6.36 Å². The second-order valence-corrected chi connectivity index (χ2v) is 5.91. The van der Waals surface area contributed by atoms with Crippen LogP contribution in [0.3, 0.4) is 0 Å². The molecule has 1 N–H and O–H groups in total. The predicted octanol–water partition coefficient (Wildman–Crippen LogP) is 4.30. The Balaban J connectivity index is 1.94. The van der Waals surface area contributed by atoms with Crippen LogP contribution >= 0.6 is 0 Å². The van der Waals surface area contributed by atoms with Gasteiger partial charge in [0.15, 0.2) is 0 Å². The van der Waals surface area contributed by atoms with Crippen LogP contribution in [0, 0.1) is 5.41 Å². The van der Waals surface area contributed by atoms with Gasteiger partial charge in [0.25, 0.3) is 0 Å². The molecule has 1 aliphatic rings. The lowest BCUT2D eigenvalue weighted by atomic mass is 9.89. The van der Waals surface area contributed by atoms with Crippen molar-refractivity contribution in [2.75, 3.05) is 6.54 Å². The highest BCUT2D eigenvalue weighted by Crippen LogP contribution is 2.51. The Hall–Kier alpha value is -1.23. The standard InChI is InChI=1S/C16H22F3NO/c1-3-10-20-12(2)15(8-9-15)11-13-4-6-14(7-5-13)21-16(17,18)19/h4-7,12,20H,3,8-11H2,1-2H3. The van der Waals surface area contributed by atoms with Crippen LogP contribution in [-0.4, -0.2) is 18.9 Å². The van der Waals surface area contributed by atoms with Crippen molar-refractivity contribution < 1.29 is 17.9 Å². The zero-order valence-electron chi connectivity index (χ0n) is 12.5. The number of halogens is 3. The number of benzene rings is 1. The highest BCUT2D eigenvalue weighted by molar-refractivity contribution is 5.29. The normalized spacial score (nSPS) is 18.3. The van der Waals surface area contributed by atoms with Gasteiger partial charge in [-0.15, -0.1) is 13.2 Å². The van der Waals surface area contributed by atoms with Gasteiger partial charge in [-0.25, -0.2) is 0 Å². The summed E-state index contributed by atoms with van der Waals surface area (Å²) in [7, 11) is 0. The maximum atomic E-state index is 12.1. The number of hydrogen-bond acceptors (Lipinski definition) is 2. The van der Waals surface area contributed by atoms with Gasteiger partial charge < -0.3 is 10.1 Å². The minimum absolute atomic E-state index is 0.159. The van der Waals surface area contributed by atoms with E-state index in [1.807, 2.05) is 0 Å². The molecule has 5 heteroatoms. The molecule has 1 atom stereocenters. The van der Waals surface area contributed by atoms with Crippen molar-refractivity contribution in [3.05, 3.63) is 29.8 Å². The Kier molecular flexibility index (Phi) is 4.81. The van der Waals surface area contributed by atoms with Crippen LogP contribution in [0.25, 0.3) is 0 Å². The Morgan fingerprint density at radius 2 is 1.86 bits per heavy atom. The first kappa shape index (κ1) is 16.1. The van der Waals surface area contributed by atoms with E-state index in [9.17, 15) is 13.2 Å². The van der Waals surface area contributed by atoms with E-state index in [1.165, 1.54) is 25.0 Å². The summed E-state index contributed by atoms with van der Waals surface area (Å²) in [4.78, 5) is 0. The molecule has 118 valence electrons. The van der Waals surface area contributed by atoms with Crippen LogP contribution in [0.4, 0.5) is 13.2 Å². The predicted molar refractivity (Wildman–Crippen MR) is 76.3 cm³/mol. The summed E-state index contributed by atoms with van der Waals surface area (Å²) < 4.78 is 40.2. The van der Waals surface area contributed by atoms with E-state index >= 15 is 0 Å². The fourth-order valence-corrected chi connectivity index (χ4v) is 2.72. The highest BCUT2D eigenvalue weighted by Gasteiger charge is 2.46. The quantitative estimate of drug-likeness (QED) is 0.811. The van der Waals surface area contributed by atoms with Gasteiger partial charge in [-0.1, -0.05) is 19.1 Å². The van der Waals surface area contributed by atoms with E-state index in [0.29, 0.717) is 6.04 Å². The summed E-state index contributed by atoms with van der Waals surface area (Å²) in [5.41, 5.74) is 1.33. The molecule has 1 saturated carbocycles. The van der Waals surface area contributed by atoms with Gasteiger partial charge in [0.2, 0.25) is 0 Å². The van der Waals surface area contributed by atoms with Gasteiger partial charge in [0, 0.05) is 6.04 Å². The van der Waals surface area contributed by atoms with Crippen LogP contribution in [-0.2, 0) is 6.42 Å². The Labute approximate surface area is 123 Å². The molecule has 21 heavy (non-hydrogen) atoms. The summed E-state index contributed by atoms with van der Waals surface area (Å²) in [5.74, 6) is -0.159. The van der Waals surface area contributed by atoms with Crippen LogP contribution < -0.4 is 10.1 Å². The Morgan fingerprint density at radius 1 is 1.24 bits per heavy atom. The monoisotopic (exact) mass is 301 g/mol. The van der Waals surface area contributed by atoms with E-state index in [1.54, 1.807) is 12.1 Å². The molecular formula is C16H22F3NO. The third kappa shape index (κ3) is 4.63. The van der Waals surface area contributed by atoms with Crippen molar-refractivity contribution in [1.82, 2.24) is 5.32 Å². The molecule has 1 fully saturated rings. The largest absolute Gasteiger partial charge is 0.573 e. The molecule has 1 aliphatic carbocycles. The van der Waals surface area contributed by atoms with Crippen molar-refractivity contribution in [1.29, 1.82) is 0 Å². The van der Waals surface area contributed by atoms with Gasteiger partial charge in [-0.3, -0.25) is 0 Å². The lowest BCUT2D eigenvalue weighted by Crippen LogP contribution is -2.36. The SMILES string of the molecule is CCCNC(C)C1(Cc2ccc(OC(F)(F)F)cc2)CC1. The molecule has 1 unspecified atom stereocenters. The lowest BCUT2D eigenvalue weighted by Gasteiger charge is -2.25. The number of ether oxygens (including phenoxy) is 1. The maximum absolute atomic E-state index is 12.1. The molecule has 0 spiro atoms. The Bertz CT molecular complexity index is 452. The first-order valence-corrected chi connectivity index (χ1v) is 7.43. The molecule has 1 aromatic rings. The molecule has 0 aromatic heterocycles. The average molecular weight is 301 g/mol. The number of alkyl halides is 3. The third-order valence-electron chi connectivity index (χ3n) is 4.22. The molecule has 2 nitrogen and oxygen atoms in total. The van der Waals surface area contributed by atoms with Gasteiger partial charge in [-0.05, 0) is 62.3 Å². The van der Waals surface area contributed by atoms with Crippen molar-refractivity contribution >= 4 is 0 Å². The Morgan fingerprint density at radius 3 is 2.33 bits per heavy atom. The lowest BCUT2D eigenvalue weighted by molar-refractivity contribution is -0.274. The van der Waals surface area contributed by atoms with Gasteiger partial charge in [0.05, 0.1) is 0 Å². The van der Waals surface area contributed by atoms with Crippen molar-refractivity contribution in [2.45, 2.75) is 51.9 Å². The fourth-order valence-electron chi connectivity index (χ4n) is 2.72. The molecule has 0 radical (unpaired) electrons. The second kappa shape index (κ2) is 6.26. The topological polar surface area (TPSA) is 21.3 Å². The summed E-state index contributed by atoms with van der Waals surface area (Å²) >= 11 is 0. The molecule has 0 bridgehead atoms. The van der Waals surface area contributed by atoms with Crippen molar-refractivity contribution in [3.63, 3.8) is 0 Å². The van der Waals surface area contributed by atoms with Crippen LogP contribution in [0.15, 0.2) is 24.3 Å². The summed E-state index contributed by atoms with van der Waals surface area (Å²) in [6, 6.07) is 6.68. The zero-order chi connectivity index (χ0) is 15.5. The number of nitrogens with one attached hydrogen (secondary N) is 1. The zero-order valence-corrected chi connectivity index (χ0v) is 12.5. The van der Waals surface area contributed by atoms with Gasteiger partial charge in [0.1, 0.15) is 5.75 Å². The van der Waals surface area contributed by atoms with E-state index < -0.39 is 6.36 Å². The number of hydrogen-bond donors (Lipinski definition) is 1. The van der Waals surface area contributed by atoms with Crippen LogP contribution in [0.1, 0.15) is 38.7 Å². The molecule has 0 aliphatic heterocycles. The van der Waals surface area contributed by atoms with Gasteiger partial charge in [-0.2, -0.15) is 0 Å². The molecule has 0 heterocycles. The minimum Gasteiger partial charge on any atom is -0.406 e. The summed E-state index contributed by atoms with van der Waals surface area (Å²) in [5, 5.41) is 3.52. The third-order valence-corrected chi connectivity index (χ3v) is 4.22. The minimum atomic E-state index is -4.63. The summed E-state index contributed by atoms with van der Waals surface area (Å²) in [6.07, 6.45) is -0.281. The molecule has 2 rings (SSSR count). The van der Waals surface area contributed by atoms with E-state index in [2.05, 4.69) is 23.9 Å². The first-order valence-electron chi connectivity index (χ1n) is 7.43. The van der Waals surface area contributed by atoms with E-state index in [4.69, 9.17) is 0 Å². The molecule has 0 saturated heterocycles. The average Bonchev–Trinajstić information content (AvgIpc) is 3.17. The highest BCUT2D eigenvalue weighted by atomic mass is 19.4. The van der Waals surface area contributed by atoms with Crippen LogP contribution in [0.5, 0.6) is 5.75 Å². The van der Waals surface area contributed by atoms with Crippen molar-refractivity contribution in [3.8, 4) is 5.75 Å². The fraction of sp³-hybridized carbons (Fsp3) is 0.625. The first-order chi connectivity index (χ1) is 9.85. The molecule has 1 aromatic carbocycles. The maximum Gasteiger partial charge on any atom is 0.573 e.